The van der Waals surface area contributed by atoms with Crippen LogP contribution in [-0.2, 0) is 28.6 Å². The van der Waals surface area contributed by atoms with E-state index >= 15 is 0 Å². The van der Waals surface area contributed by atoms with E-state index in [1.54, 1.807) is 0 Å². The van der Waals surface area contributed by atoms with Crippen LogP contribution < -0.4 is 0 Å². The van der Waals surface area contributed by atoms with Crippen molar-refractivity contribution in [3.63, 3.8) is 0 Å². The minimum absolute atomic E-state index is 0.0665. The highest BCUT2D eigenvalue weighted by atomic mass is 16.6. The van der Waals surface area contributed by atoms with Crippen LogP contribution in [0.5, 0.6) is 0 Å². The van der Waals surface area contributed by atoms with E-state index < -0.39 is 6.10 Å². The Hall–Kier alpha value is -1.59. The lowest BCUT2D eigenvalue weighted by Crippen LogP contribution is -2.30. The van der Waals surface area contributed by atoms with Gasteiger partial charge in [-0.2, -0.15) is 0 Å². The molecule has 0 unspecified atom stereocenters. The Morgan fingerprint density at radius 2 is 0.537 bits per heavy atom. The first-order chi connectivity index (χ1) is 26.1. The molecule has 0 saturated heterocycles. The number of hydrogen-bond donors (Lipinski definition) is 0. The summed E-state index contributed by atoms with van der Waals surface area (Å²) in [6.07, 6.45) is 36.8. The highest BCUT2D eigenvalue weighted by Crippen LogP contribution is 2.17. The summed E-state index contributed by atoms with van der Waals surface area (Å²) in [4.78, 5) is 37.7. The molecule has 0 aromatic carbocycles. The predicted octanol–water partition coefficient (Wildman–Crippen LogP) is 14.8. The Bertz CT molecular complexity index is 837. The smallest absolute Gasteiger partial charge is 0.306 e. The Balaban J connectivity index is 4.28. The quantitative estimate of drug-likeness (QED) is 0.0350. The minimum atomic E-state index is -0.762. The van der Waals surface area contributed by atoms with Crippen LogP contribution in [-0.4, -0.2) is 37.2 Å². The van der Waals surface area contributed by atoms with Gasteiger partial charge in [0.15, 0.2) is 6.10 Å². The molecule has 54 heavy (non-hydrogen) atoms. The van der Waals surface area contributed by atoms with E-state index in [4.69, 9.17) is 14.2 Å². The van der Waals surface area contributed by atoms with E-state index in [-0.39, 0.29) is 31.1 Å². The summed E-state index contributed by atoms with van der Waals surface area (Å²) in [5.41, 5.74) is 0. The maximum atomic E-state index is 12.7. The molecule has 0 rings (SSSR count). The number of carbonyl (C=O) groups excluding carboxylic acids is 3. The molecule has 0 aliphatic carbocycles. The summed E-state index contributed by atoms with van der Waals surface area (Å²) in [6.45, 7) is 13.6. The molecule has 0 aliphatic heterocycles. The lowest BCUT2D eigenvalue weighted by molar-refractivity contribution is -0.167. The predicted molar refractivity (Wildman–Crippen MR) is 229 cm³/mol. The van der Waals surface area contributed by atoms with Crippen LogP contribution in [0.1, 0.15) is 253 Å². The first kappa shape index (κ1) is 52.4. The van der Waals surface area contributed by atoms with Gasteiger partial charge < -0.3 is 14.2 Å². The maximum Gasteiger partial charge on any atom is 0.306 e. The average molecular weight is 765 g/mol. The zero-order valence-corrected chi connectivity index (χ0v) is 37.0. The van der Waals surface area contributed by atoms with Gasteiger partial charge in [0.05, 0.1) is 0 Å². The molecule has 6 heteroatoms. The van der Waals surface area contributed by atoms with Crippen molar-refractivity contribution in [1.82, 2.24) is 0 Å². The van der Waals surface area contributed by atoms with Gasteiger partial charge in [-0.15, -0.1) is 0 Å². The largest absolute Gasteiger partial charge is 0.462 e. The van der Waals surface area contributed by atoms with Crippen molar-refractivity contribution in [1.29, 1.82) is 0 Å². The first-order valence-electron chi connectivity index (χ1n) is 23.6. The summed E-state index contributed by atoms with van der Waals surface area (Å²) in [5, 5.41) is 0. The van der Waals surface area contributed by atoms with Gasteiger partial charge >= 0.3 is 17.9 Å². The fourth-order valence-electron chi connectivity index (χ4n) is 7.06. The molecule has 0 amide bonds. The zero-order chi connectivity index (χ0) is 39.9. The van der Waals surface area contributed by atoms with Crippen molar-refractivity contribution in [2.75, 3.05) is 13.2 Å². The molecule has 0 aromatic heterocycles. The molecule has 0 radical (unpaired) electrons. The third kappa shape index (κ3) is 41.6. The van der Waals surface area contributed by atoms with Crippen LogP contribution >= 0.6 is 0 Å². The summed E-state index contributed by atoms with van der Waals surface area (Å²) in [5.74, 6) is 1.53. The van der Waals surface area contributed by atoms with Gasteiger partial charge in [-0.3, -0.25) is 14.4 Å². The SMILES string of the molecule is CC(C)CCCCCCCCCCCCCCCC(=O)OC[C@@H](COC(=O)CCCCCCCCC(C)C)OC(=O)CCCCCCCCCCC(C)C. The van der Waals surface area contributed by atoms with Gasteiger partial charge in [0.2, 0.25) is 0 Å². The second-order valence-corrected chi connectivity index (χ2v) is 17.8. The number of unbranched alkanes of at least 4 members (excludes halogenated alkanes) is 24. The third-order valence-corrected chi connectivity index (χ3v) is 10.6. The molecule has 6 nitrogen and oxygen atoms in total. The van der Waals surface area contributed by atoms with Gasteiger partial charge in [-0.25, -0.2) is 0 Å². The van der Waals surface area contributed by atoms with Crippen molar-refractivity contribution in [3.8, 4) is 0 Å². The van der Waals surface area contributed by atoms with E-state index in [0.29, 0.717) is 19.3 Å². The molecule has 0 fully saturated rings. The highest BCUT2D eigenvalue weighted by Gasteiger charge is 2.19. The van der Waals surface area contributed by atoms with Crippen molar-refractivity contribution < 1.29 is 28.6 Å². The minimum Gasteiger partial charge on any atom is -0.462 e. The van der Waals surface area contributed by atoms with Crippen LogP contribution in [0.4, 0.5) is 0 Å². The Morgan fingerprint density at radius 1 is 0.315 bits per heavy atom. The molecule has 0 bridgehead atoms. The maximum absolute atomic E-state index is 12.7. The number of esters is 3. The third-order valence-electron chi connectivity index (χ3n) is 10.6. The van der Waals surface area contributed by atoms with E-state index in [9.17, 15) is 14.4 Å². The molecule has 320 valence electrons. The normalized spacial score (nSPS) is 12.2. The molecule has 0 spiro atoms. The Labute approximate surface area is 336 Å². The fraction of sp³-hybridized carbons (Fsp3) is 0.938. The molecule has 1 atom stereocenters. The van der Waals surface area contributed by atoms with Crippen LogP contribution in [0.25, 0.3) is 0 Å². The Kier molecular flexibility index (Phi) is 38.5. The molecule has 0 saturated carbocycles. The average Bonchev–Trinajstić information content (AvgIpc) is 3.12. The van der Waals surface area contributed by atoms with E-state index in [0.717, 1.165) is 75.5 Å². The zero-order valence-electron chi connectivity index (χ0n) is 37.0. The topological polar surface area (TPSA) is 78.9 Å². The highest BCUT2D eigenvalue weighted by molar-refractivity contribution is 5.71. The first-order valence-corrected chi connectivity index (χ1v) is 23.6. The number of rotatable bonds is 41. The van der Waals surface area contributed by atoms with Crippen LogP contribution in [0.2, 0.25) is 0 Å². The van der Waals surface area contributed by atoms with E-state index in [2.05, 4.69) is 41.5 Å². The molecular formula is C48H92O6. The van der Waals surface area contributed by atoms with Crippen molar-refractivity contribution in [3.05, 3.63) is 0 Å². The monoisotopic (exact) mass is 765 g/mol. The fourth-order valence-corrected chi connectivity index (χ4v) is 7.06. The van der Waals surface area contributed by atoms with Gasteiger partial charge in [0.1, 0.15) is 13.2 Å². The summed E-state index contributed by atoms with van der Waals surface area (Å²) in [6, 6.07) is 0. The molecule has 0 aliphatic rings. The van der Waals surface area contributed by atoms with Crippen molar-refractivity contribution in [2.24, 2.45) is 17.8 Å². The number of carbonyl (C=O) groups is 3. The van der Waals surface area contributed by atoms with Crippen LogP contribution in [0.3, 0.4) is 0 Å². The summed E-state index contributed by atoms with van der Waals surface area (Å²) < 4.78 is 16.7. The molecular weight excluding hydrogens is 673 g/mol. The molecule has 0 heterocycles. The van der Waals surface area contributed by atoms with E-state index in [1.807, 2.05) is 0 Å². The standard InChI is InChI=1S/C48H92O6/c1-42(2)34-28-22-16-12-10-8-7-9-11-13-18-25-31-37-46(49)52-40-45(41-53-47(50)38-32-26-21-20-24-30-36-44(5)6)54-48(51)39-33-27-19-15-14-17-23-29-35-43(3)4/h42-45H,7-41H2,1-6H3/t45-/m0/s1. The summed E-state index contributed by atoms with van der Waals surface area (Å²) >= 11 is 0. The Morgan fingerprint density at radius 3 is 0.796 bits per heavy atom. The van der Waals surface area contributed by atoms with Crippen LogP contribution in [0.15, 0.2) is 0 Å². The summed E-state index contributed by atoms with van der Waals surface area (Å²) in [7, 11) is 0. The van der Waals surface area contributed by atoms with Crippen LogP contribution in [0, 0.1) is 17.8 Å². The second kappa shape index (κ2) is 39.6. The van der Waals surface area contributed by atoms with Gasteiger partial charge in [0, 0.05) is 19.3 Å². The van der Waals surface area contributed by atoms with Gasteiger partial charge in [-0.1, -0.05) is 215 Å². The number of hydrogen-bond acceptors (Lipinski definition) is 6. The lowest BCUT2D eigenvalue weighted by Gasteiger charge is -2.18. The van der Waals surface area contributed by atoms with Crippen molar-refractivity contribution in [2.45, 2.75) is 260 Å². The lowest BCUT2D eigenvalue weighted by atomic mass is 10.0. The van der Waals surface area contributed by atoms with Crippen molar-refractivity contribution >= 4 is 17.9 Å². The van der Waals surface area contributed by atoms with Gasteiger partial charge in [-0.05, 0) is 37.0 Å². The van der Waals surface area contributed by atoms with Gasteiger partial charge in [0.25, 0.3) is 0 Å². The molecule has 0 aromatic rings. The van der Waals surface area contributed by atoms with E-state index in [1.165, 1.54) is 135 Å². The molecule has 0 N–H and O–H groups in total. The number of ether oxygens (including phenoxy) is 3. The second-order valence-electron chi connectivity index (χ2n) is 17.8.